The van der Waals surface area contributed by atoms with Crippen molar-refractivity contribution in [2.45, 2.75) is 0 Å². The van der Waals surface area contributed by atoms with Gasteiger partial charge in [0.1, 0.15) is 6.07 Å². The Kier molecular flexibility index (Phi) is 7.43. The van der Waals surface area contributed by atoms with Crippen LogP contribution < -0.4 is 0 Å². The van der Waals surface area contributed by atoms with Crippen molar-refractivity contribution in [2.24, 2.45) is 0 Å². The van der Waals surface area contributed by atoms with E-state index in [1.807, 2.05) is 18.2 Å². The van der Waals surface area contributed by atoms with E-state index < -0.39 is 0 Å². The third kappa shape index (κ3) is 4.87. The van der Waals surface area contributed by atoms with Crippen LogP contribution in [0.1, 0.15) is 5.56 Å². The van der Waals surface area contributed by atoms with Crippen LogP contribution in [0.2, 0.25) is 0 Å². The first kappa shape index (κ1) is 36.2. The summed E-state index contributed by atoms with van der Waals surface area (Å²) in [7, 11) is 0. The molecule has 0 aliphatic rings. The van der Waals surface area contributed by atoms with Gasteiger partial charge in [0, 0.05) is 60.2 Å². The molecular formula is C60H34N6. The first-order valence-electron chi connectivity index (χ1n) is 22.1. The monoisotopic (exact) mass is 838 g/mol. The van der Waals surface area contributed by atoms with Crippen LogP contribution in [-0.4, -0.2) is 18.3 Å². The van der Waals surface area contributed by atoms with E-state index >= 15 is 0 Å². The molecule has 4 aromatic heterocycles. The van der Waals surface area contributed by atoms with Gasteiger partial charge in [-0.25, -0.2) is 4.85 Å². The fourth-order valence-corrected chi connectivity index (χ4v) is 11.1. The number of nitrogens with zero attached hydrogens (tertiary/aromatic N) is 6. The molecule has 66 heavy (non-hydrogen) atoms. The largest absolute Gasteiger partial charge is 0.318 e. The number of nitriles is 1. The average molecular weight is 839 g/mol. The lowest BCUT2D eigenvalue weighted by atomic mass is 10.0. The number of rotatable bonds is 4. The second-order valence-electron chi connectivity index (χ2n) is 17.1. The topological polar surface area (TPSA) is 47.9 Å². The van der Waals surface area contributed by atoms with Crippen molar-refractivity contribution >= 4 is 104 Å². The number of fused-ring (bicyclic) bond motifs is 14. The minimum Gasteiger partial charge on any atom is -0.318 e. The maximum Gasteiger partial charge on any atom is 0.214 e. The van der Waals surface area contributed by atoms with E-state index in [2.05, 4.69) is 217 Å². The summed E-state index contributed by atoms with van der Waals surface area (Å²) in [5, 5.41) is 22.6. The number of hydrogen-bond acceptors (Lipinski definition) is 1. The van der Waals surface area contributed by atoms with Crippen LogP contribution in [0.15, 0.2) is 206 Å². The maximum absolute atomic E-state index is 11.2. The summed E-state index contributed by atoms with van der Waals surface area (Å²) in [4.78, 5) is 4.22. The second-order valence-corrected chi connectivity index (χ2v) is 17.1. The van der Waals surface area contributed by atoms with Gasteiger partial charge in [0.15, 0.2) is 0 Å². The fourth-order valence-electron chi connectivity index (χ4n) is 11.1. The molecule has 4 heterocycles. The summed E-state index contributed by atoms with van der Waals surface area (Å²) in [6, 6.07) is 75.2. The molecule has 14 rings (SSSR count). The van der Waals surface area contributed by atoms with E-state index in [1.165, 1.54) is 21.5 Å². The molecule has 0 fully saturated rings. The fraction of sp³-hybridized carbons (Fsp3) is 0. The molecule has 0 saturated carbocycles. The van der Waals surface area contributed by atoms with Gasteiger partial charge >= 0.3 is 0 Å². The highest BCUT2D eigenvalue weighted by molar-refractivity contribution is 6.22. The Balaban J connectivity index is 1.01. The van der Waals surface area contributed by atoms with Crippen LogP contribution >= 0.6 is 0 Å². The summed E-state index contributed by atoms with van der Waals surface area (Å²) >= 11 is 0. The third-order valence-corrected chi connectivity index (χ3v) is 13.8. The van der Waals surface area contributed by atoms with Crippen LogP contribution in [0.5, 0.6) is 0 Å². The lowest BCUT2D eigenvalue weighted by Gasteiger charge is -2.16. The highest BCUT2D eigenvalue weighted by Gasteiger charge is 2.24. The molecule has 0 aliphatic heterocycles. The van der Waals surface area contributed by atoms with Crippen molar-refractivity contribution in [1.82, 2.24) is 18.3 Å². The lowest BCUT2D eigenvalue weighted by molar-refractivity contribution is 1.14. The Bertz CT molecular complexity index is 4360. The lowest BCUT2D eigenvalue weighted by Crippen LogP contribution is -2.02. The van der Waals surface area contributed by atoms with E-state index in [0.717, 1.165) is 93.5 Å². The molecule has 0 unspecified atom stereocenters. The predicted molar refractivity (Wildman–Crippen MR) is 272 cm³/mol. The van der Waals surface area contributed by atoms with Crippen molar-refractivity contribution in [2.75, 3.05) is 0 Å². The maximum atomic E-state index is 11.2. The third-order valence-electron chi connectivity index (χ3n) is 13.8. The van der Waals surface area contributed by atoms with Gasteiger partial charge in [-0.1, -0.05) is 121 Å². The van der Waals surface area contributed by atoms with E-state index in [1.54, 1.807) is 0 Å². The first-order chi connectivity index (χ1) is 32.7. The highest BCUT2D eigenvalue weighted by atomic mass is 15.0. The van der Waals surface area contributed by atoms with Crippen molar-refractivity contribution < 1.29 is 0 Å². The van der Waals surface area contributed by atoms with Gasteiger partial charge in [-0.3, -0.25) is 0 Å². The van der Waals surface area contributed by atoms with Crippen molar-refractivity contribution in [3.63, 3.8) is 0 Å². The van der Waals surface area contributed by atoms with Crippen LogP contribution in [0.3, 0.4) is 0 Å². The molecule has 6 heteroatoms. The molecule has 0 saturated heterocycles. The minimum atomic E-state index is 0.399. The SMILES string of the molecule is [C-]#[N+]c1cc(-n2c3ccc(-n4c5ccccc5c5ccccc54)cc3c3c4ccccc4ccc32)cc(C#N)c1-n1c2ccccc2c2cc(-n3c4ccccc4c4ccccc43)ccc21. The number of benzene rings is 10. The zero-order chi connectivity index (χ0) is 43.6. The van der Waals surface area contributed by atoms with Crippen molar-refractivity contribution in [3.05, 3.63) is 223 Å². The molecule has 10 aromatic carbocycles. The molecular weight excluding hydrogens is 805 g/mol. The highest BCUT2D eigenvalue weighted by Crippen LogP contribution is 2.44. The number of para-hydroxylation sites is 5. The molecule has 6 nitrogen and oxygen atoms in total. The molecule has 0 aliphatic carbocycles. The zero-order valence-electron chi connectivity index (χ0n) is 35.3. The Hall–Kier alpha value is -9.36. The smallest absolute Gasteiger partial charge is 0.214 e. The first-order valence-corrected chi connectivity index (χ1v) is 22.1. The summed E-state index contributed by atoms with van der Waals surface area (Å²) in [5.74, 6) is 0. The Morgan fingerprint density at radius 3 is 1.29 bits per heavy atom. The molecule has 304 valence electrons. The summed E-state index contributed by atoms with van der Waals surface area (Å²) in [6.45, 7) is 8.74. The molecule has 0 atom stereocenters. The average Bonchev–Trinajstić information content (AvgIpc) is 4.10. The molecule has 0 bridgehead atoms. The van der Waals surface area contributed by atoms with Gasteiger partial charge in [0.2, 0.25) is 5.69 Å². The minimum absolute atomic E-state index is 0.399. The van der Waals surface area contributed by atoms with Gasteiger partial charge in [0.05, 0.1) is 62.0 Å². The van der Waals surface area contributed by atoms with Gasteiger partial charge < -0.3 is 18.3 Å². The van der Waals surface area contributed by atoms with E-state index in [9.17, 15) is 5.26 Å². The summed E-state index contributed by atoms with van der Waals surface area (Å²) < 4.78 is 9.04. The van der Waals surface area contributed by atoms with E-state index in [0.29, 0.717) is 16.9 Å². The molecule has 0 N–H and O–H groups in total. The normalized spacial score (nSPS) is 11.9. The van der Waals surface area contributed by atoms with Crippen LogP contribution in [0, 0.1) is 17.9 Å². The molecule has 0 amide bonds. The second kappa shape index (κ2) is 13.6. The van der Waals surface area contributed by atoms with Gasteiger partial charge in [-0.2, -0.15) is 5.26 Å². The Labute approximate surface area is 377 Å². The van der Waals surface area contributed by atoms with Crippen LogP contribution in [0.25, 0.3) is 126 Å². The standard InChI is InChI=1S/C60H34N6/c1-62-50-35-41(65-57-31-28-40(34-49(57)59-42-15-3-2-14-37(42)26-29-58(59)65)64-53-23-11-6-18-45(53)46-19-7-12-24-54(46)64)32-38(36-61)60(50)66-55-25-13-8-20-47(55)48-33-39(27-30-56(48)66)63-51-21-9-4-16-43(51)44-17-5-10-22-52(44)63/h2-35H. The zero-order valence-corrected chi connectivity index (χ0v) is 35.3. The molecule has 14 aromatic rings. The van der Waals surface area contributed by atoms with Crippen LogP contribution in [-0.2, 0) is 0 Å². The van der Waals surface area contributed by atoms with Crippen molar-refractivity contribution in [3.8, 4) is 28.8 Å². The quantitative estimate of drug-likeness (QED) is 0.163. The summed E-state index contributed by atoms with van der Waals surface area (Å²) in [5.41, 5.74) is 12.7. The predicted octanol–water partition coefficient (Wildman–Crippen LogP) is 15.7. The molecule has 0 spiro atoms. The number of aromatic nitrogens is 4. The van der Waals surface area contributed by atoms with Gasteiger partial charge in [-0.05, 0) is 95.7 Å². The molecule has 0 radical (unpaired) electrons. The van der Waals surface area contributed by atoms with Crippen molar-refractivity contribution in [1.29, 1.82) is 5.26 Å². The Morgan fingerprint density at radius 1 is 0.348 bits per heavy atom. The summed E-state index contributed by atoms with van der Waals surface area (Å²) in [6.07, 6.45) is 0. The van der Waals surface area contributed by atoms with Crippen LogP contribution in [0.4, 0.5) is 5.69 Å². The van der Waals surface area contributed by atoms with E-state index in [-0.39, 0.29) is 0 Å². The van der Waals surface area contributed by atoms with Gasteiger partial charge in [0.25, 0.3) is 0 Å². The van der Waals surface area contributed by atoms with E-state index in [4.69, 9.17) is 6.57 Å². The number of hydrogen-bond donors (Lipinski definition) is 0. The Morgan fingerprint density at radius 2 is 0.758 bits per heavy atom. The van der Waals surface area contributed by atoms with Gasteiger partial charge in [-0.15, -0.1) is 0 Å².